The van der Waals surface area contributed by atoms with E-state index in [1.54, 1.807) is 0 Å². The van der Waals surface area contributed by atoms with E-state index in [0.29, 0.717) is 0 Å². The number of aliphatic imine (C=N–C) groups is 2. The fraction of sp³-hybridized carbons (Fsp3) is 0.333. The molecule has 0 saturated carbocycles. The quantitative estimate of drug-likeness (QED) is 0.291. The van der Waals surface area contributed by atoms with E-state index >= 15 is 0 Å². The Morgan fingerprint density at radius 1 is 0.793 bits per heavy atom. The zero-order chi connectivity index (χ0) is 20.0. The summed E-state index contributed by atoms with van der Waals surface area (Å²) in [4.78, 5) is 9.22. The minimum atomic E-state index is 1.03. The summed E-state index contributed by atoms with van der Waals surface area (Å²) in [6.45, 7) is 0. The molecule has 0 bridgehead atoms. The van der Waals surface area contributed by atoms with Crippen molar-refractivity contribution in [2.75, 3.05) is 0 Å². The summed E-state index contributed by atoms with van der Waals surface area (Å²) < 4.78 is 0. The Kier molecular flexibility index (Phi) is 9.16. The lowest BCUT2D eigenvalue weighted by molar-refractivity contribution is 0.655. The molecule has 1 aliphatic rings. The molecule has 1 aliphatic carbocycles. The first-order valence-corrected chi connectivity index (χ1v) is 11.0. The average molecular weight is 385 g/mol. The zero-order valence-electron chi connectivity index (χ0n) is 17.3. The van der Waals surface area contributed by atoms with Gasteiger partial charge in [0.15, 0.2) is 0 Å². The van der Waals surface area contributed by atoms with Gasteiger partial charge in [0.2, 0.25) is 0 Å². The van der Waals surface area contributed by atoms with E-state index in [0.717, 1.165) is 24.2 Å². The summed E-state index contributed by atoms with van der Waals surface area (Å²) in [7, 11) is 0. The Bertz CT molecular complexity index is 829. The third-order valence-corrected chi connectivity index (χ3v) is 5.20. The van der Waals surface area contributed by atoms with Crippen molar-refractivity contribution in [2.24, 2.45) is 9.98 Å². The Morgan fingerprint density at radius 2 is 1.48 bits per heavy atom. The first kappa shape index (κ1) is 21.0. The Labute approximate surface area is 175 Å². The van der Waals surface area contributed by atoms with Crippen LogP contribution in [0.15, 0.2) is 93.9 Å². The molecule has 0 aromatic heterocycles. The summed E-state index contributed by atoms with van der Waals surface area (Å²) in [6, 6.07) is 20.4. The molecule has 2 nitrogen and oxygen atoms in total. The molecule has 0 amide bonds. The second kappa shape index (κ2) is 12.7. The predicted octanol–water partition coefficient (Wildman–Crippen LogP) is 8.17. The highest BCUT2D eigenvalue weighted by Crippen LogP contribution is 2.23. The monoisotopic (exact) mass is 384 g/mol. The number of allylic oxidation sites excluding steroid dienone is 4. The maximum Gasteiger partial charge on any atom is 0.0629 e. The number of benzene rings is 2. The van der Waals surface area contributed by atoms with Crippen LogP contribution in [0.1, 0.15) is 57.8 Å². The van der Waals surface area contributed by atoms with Crippen molar-refractivity contribution < 1.29 is 0 Å². The van der Waals surface area contributed by atoms with Crippen molar-refractivity contribution in [2.45, 2.75) is 57.8 Å². The molecule has 0 atom stereocenters. The van der Waals surface area contributed by atoms with E-state index in [1.807, 2.05) is 48.5 Å². The van der Waals surface area contributed by atoms with Crippen LogP contribution in [-0.2, 0) is 0 Å². The van der Waals surface area contributed by atoms with Crippen LogP contribution in [0.4, 0.5) is 11.4 Å². The molecule has 29 heavy (non-hydrogen) atoms. The van der Waals surface area contributed by atoms with Crippen LogP contribution >= 0.6 is 0 Å². The van der Waals surface area contributed by atoms with Gasteiger partial charge in [-0.25, -0.2) is 0 Å². The van der Waals surface area contributed by atoms with Gasteiger partial charge in [-0.1, -0.05) is 61.4 Å². The fourth-order valence-electron chi connectivity index (χ4n) is 3.55. The molecule has 0 N–H and O–H groups in total. The number of para-hydroxylation sites is 2. The Hall–Kier alpha value is -2.74. The second-order valence-corrected chi connectivity index (χ2v) is 7.54. The molecule has 0 fully saturated rings. The van der Waals surface area contributed by atoms with Crippen LogP contribution in [-0.4, -0.2) is 12.4 Å². The van der Waals surface area contributed by atoms with Crippen molar-refractivity contribution in [3.8, 4) is 0 Å². The molecule has 3 rings (SSSR count). The van der Waals surface area contributed by atoms with Crippen LogP contribution in [0.3, 0.4) is 0 Å². The van der Waals surface area contributed by atoms with Crippen molar-refractivity contribution in [3.05, 3.63) is 84.0 Å². The summed E-state index contributed by atoms with van der Waals surface area (Å²) in [5.41, 5.74) is 4.96. The highest BCUT2D eigenvalue weighted by Gasteiger charge is 2.06. The van der Waals surface area contributed by atoms with E-state index in [4.69, 9.17) is 4.99 Å². The topological polar surface area (TPSA) is 24.7 Å². The number of nitrogens with zero attached hydrogens (tertiary/aromatic N) is 2. The lowest BCUT2D eigenvalue weighted by Crippen LogP contribution is -1.96. The van der Waals surface area contributed by atoms with Gasteiger partial charge in [-0.05, 0) is 80.4 Å². The van der Waals surface area contributed by atoms with Gasteiger partial charge in [0.1, 0.15) is 0 Å². The van der Waals surface area contributed by atoms with Gasteiger partial charge in [0.25, 0.3) is 0 Å². The summed E-state index contributed by atoms with van der Waals surface area (Å²) in [6.07, 6.45) is 19.6. The molecule has 0 aliphatic heterocycles. The molecule has 0 radical (unpaired) electrons. The van der Waals surface area contributed by atoms with Gasteiger partial charge in [-0.2, -0.15) is 0 Å². The van der Waals surface area contributed by atoms with Gasteiger partial charge in [0.05, 0.1) is 11.4 Å². The van der Waals surface area contributed by atoms with Crippen LogP contribution < -0.4 is 0 Å². The van der Waals surface area contributed by atoms with Crippen LogP contribution in [0, 0.1) is 0 Å². The lowest BCUT2D eigenvalue weighted by atomic mass is 9.94. The van der Waals surface area contributed by atoms with Crippen molar-refractivity contribution in [3.63, 3.8) is 0 Å². The zero-order valence-corrected chi connectivity index (χ0v) is 17.3. The predicted molar refractivity (Wildman–Crippen MR) is 127 cm³/mol. The van der Waals surface area contributed by atoms with Gasteiger partial charge >= 0.3 is 0 Å². The minimum Gasteiger partial charge on any atom is -0.261 e. The summed E-state index contributed by atoms with van der Waals surface area (Å²) in [5, 5.41) is 0. The first-order chi connectivity index (χ1) is 14.4. The number of rotatable bonds is 10. The maximum absolute atomic E-state index is 4.72. The molecule has 2 heteroatoms. The van der Waals surface area contributed by atoms with Crippen LogP contribution in [0.2, 0.25) is 0 Å². The van der Waals surface area contributed by atoms with Gasteiger partial charge in [0, 0.05) is 12.4 Å². The highest BCUT2D eigenvalue weighted by atomic mass is 14.7. The number of hydrogen-bond donors (Lipinski definition) is 0. The maximum atomic E-state index is 4.72. The molecule has 0 heterocycles. The minimum absolute atomic E-state index is 1.03. The average Bonchev–Trinajstić information content (AvgIpc) is 2.79. The van der Waals surface area contributed by atoms with E-state index in [-0.39, 0.29) is 0 Å². The van der Waals surface area contributed by atoms with Gasteiger partial charge < -0.3 is 0 Å². The summed E-state index contributed by atoms with van der Waals surface area (Å²) >= 11 is 0. The van der Waals surface area contributed by atoms with Crippen LogP contribution in [0.25, 0.3) is 0 Å². The molecule has 2 aromatic carbocycles. The Morgan fingerprint density at radius 3 is 2.17 bits per heavy atom. The number of unbranched alkanes of at least 4 members (excludes halogenated alkanes) is 4. The standard InChI is InChI=1S/C27H32N2/c1(3-14-22-28-26-18-10-5-11-19-26)2-7-17-25(24-15-8-4-9-16-24)23-29-27-20-12-6-13-21-27/h5-6,8,10-13,15,18-23H,1-4,7,9,14,16-17H2. The van der Waals surface area contributed by atoms with E-state index < -0.39 is 0 Å². The molecule has 0 spiro atoms. The molecular weight excluding hydrogens is 352 g/mol. The highest BCUT2D eigenvalue weighted by molar-refractivity contribution is 5.82. The smallest absolute Gasteiger partial charge is 0.0629 e. The largest absolute Gasteiger partial charge is 0.261 e. The lowest BCUT2D eigenvalue weighted by Gasteiger charge is -2.12. The Balaban J connectivity index is 1.43. The summed E-state index contributed by atoms with van der Waals surface area (Å²) in [5.74, 6) is 0. The van der Waals surface area contributed by atoms with E-state index in [9.17, 15) is 0 Å². The van der Waals surface area contributed by atoms with Crippen molar-refractivity contribution in [1.29, 1.82) is 0 Å². The SMILES string of the molecule is C1=CC(=C(C=Nc2ccccc2)CCCCCCC=Nc2ccccc2)CCC1. The third kappa shape index (κ3) is 8.03. The molecular formula is C27H32N2. The number of hydrogen-bond acceptors (Lipinski definition) is 2. The van der Waals surface area contributed by atoms with Crippen LogP contribution in [0.5, 0.6) is 0 Å². The van der Waals surface area contributed by atoms with Crippen molar-refractivity contribution >= 4 is 23.8 Å². The van der Waals surface area contributed by atoms with E-state index in [2.05, 4.69) is 41.7 Å². The van der Waals surface area contributed by atoms with E-state index in [1.165, 1.54) is 56.1 Å². The molecule has 0 unspecified atom stereocenters. The fourth-order valence-corrected chi connectivity index (χ4v) is 3.55. The second-order valence-electron chi connectivity index (χ2n) is 7.54. The molecule has 2 aromatic rings. The van der Waals surface area contributed by atoms with Gasteiger partial charge in [-0.3, -0.25) is 9.98 Å². The molecule has 150 valence electrons. The normalized spacial score (nSPS) is 16.0. The third-order valence-electron chi connectivity index (χ3n) is 5.20. The molecule has 0 saturated heterocycles. The van der Waals surface area contributed by atoms with Gasteiger partial charge in [-0.15, -0.1) is 0 Å². The van der Waals surface area contributed by atoms with Crippen molar-refractivity contribution in [1.82, 2.24) is 0 Å². The first-order valence-electron chi connectivity index (χ1n) is 11.0.